The van der Waals surface area contributed by atoms with Crippen LogP contribution in [0.3, 0.4) is 0 Å². The molecule has 1 aliphatic rings. The first-order valence-electron chi connectivity index (χ1n) is 8.12. The summed E-state index contributed by atoms with van der Waals surface area (Å²) in [5.41, 5.74) is 3.96. The molecule has 1 aliphatic heterocycles. The van der Waals surface area contributed by atoms with Gasteiger partial charge >= 0.3 is 0 Å². The summed E-state index contributed by atoms with van der Waals surface area (Å²) in [5, 5.41) is 4.44. The molecule has 3 aromatic rings. The molecule has 0 spiro atoms. The first-order chi connectivity index (χ1) is 11.9. The summed E-state index contributed by atoms with van der Waals surface area (Å²) in [5.74, 6) is 1.71. The lowest BCUT2D eigenvalue weighted by atomic mass is 10.0. The Balaban J connectivity index is 1.72. The third kappa shape index (κ3) is 3.08. The highest BCUT2D eigenvalue weighted by Crippen LogP contribution is 2.34. The average molecular weight is 443 g/mol. The van der Waals surface area contributed by atoms with E-state index >= 15 is 0 Å². The van der Waals surface area contributed by atoms with Crippen LogP contribution in [-0.2, 0) is 0 Å². The van der Waals surface area contributed by atoms with Crippen molar-refractivity contribution in [2.24, 2.45) is 0 Å². The molecule has 0 amide bonds. The second-order valence-electron chi connectivity index (χ2n) is 6.73. The standard InChI is InChI=1S/C20H18IN3O/c1-12-4-6-15-18(17(12)21)22-11-23-19(15)24-14-5-7-16-13(10-14)8-9-20(2,3)25-16/h4-11H,1-3H3,(H,22,23,24). The molecule has 1 N–H and O–H groups in total. The fourth-order valence-corrected chi connectivity index (χ4v) is 3.50. The van der Waals surface area contributed by atoms with Crippen molar-refractivity contribution >= 4 is 51.1 Å². The Hall–Kier alpha value is -2.15. The lowest BCUT2D eigenvalue weighted by molar-refractivity contribution is 0.159. The van der Waals surface area contributed by atoms with Gasteiger partial charge in [0.05, 0.1) is 5.52 Å². The number of halogens is 1. The molecule has 0 saturated carbocycles. The molecule has 2 aromatic carbocycles. The summed E-state index contributed by atoms with van der Waals surface area (Å²) >= 11 is 2.34. The van der Waals surface area contributed by atoms with Crippen LogP contribution < -0.4 is 10.1 Å². The number of benzene rings is 2. The Labute approximate surface area is 160 Å². The van der Waals surface area contributed by atoms with Gasteiger partial charge in [-0.2, -0.15) is 0 Å². The maximum Gasteiger partial charge on any atom is 0.141 e. The van der Waals surface area contributed by atoms with Gasteiger partial charge in [-0.1, -0.05) is 12.1 Å². The van der Waals surface area contributed by atoms with E-state index in [1.54, 1.807) is 6.33 Å². The van der Waals surface area contributed by atoms with Gasteiger partial charge in [-0.25, -0.2) is 9.97 Å². The van der Waals surface area contributed by atoms with Gasteiger partial charge in [0, 0.05) is 20.2 Å². The van der Waals surface area contributed by atoms with Gasteiger partial charge in [-0.3, -0.25) is 0 Å². The summed E-state index contributed by atoms with van der Waals surface area (Å²) in [7, 11) is 0. The number of aryl methyl sites for hydroxylation is 1. The zero-order valence-electron chi connectivity index (χ0n) is 14.3. The van der Waals surface area contributed by atoms with Crippen LogP contribution >= 0.6 is 22.6 Å². The highest BCUT2D eigenvalue weighted by molar-refractivity contribution is 14.1. The summed E-state index contributed by atoms with van der Waals surface area (Å²) in [6.07, 6.45) is 5.79. The van der Waals surface area contributed by atoms with Crippen molar-refractivity contribution in [2.45, 2.75) is 26.4 Å². The molecule has 25 heavy (non-hydrogen) atoms. The van der Waals surface area contributed by atoms with E-state index in [-0.39, 0.29) is 5.60 Å². The van der Waals surface area contributed by atoms with Crippen molar-refractivity contribution in [3.05, 3.63) is 57.4 Å². The van der Waals surface area contributed by atoms with Crippen LogP contribution in [0.25, 0.3) is 17.0 Å². The highest BCUT2D eigenvalue weighted by atomic mass is 127. The van der Waals surface area contributed by atoms with Crippen molar-refractivity contribution in [3.63, 3.8) is 0 Å². The topological polar surface area (TPSA) is 47.0 Å². The van der Waals surface area contributed by atoms with Crippen LogP contribution in [0.15, 0.2) is 42.7 Å². The Morgan fingerprint density at radius 2 is 1.96 bits per heavy atom. The molecule has 1 aromatic heterocycles. The predicted molar refractivity (Wildman–Crippen MR) is 110 cm³/mol. The van der Waals surface area contributed by atoms with Gasteiger partial charge in [0.25, 0.3) is 0 Å². The number of aromatic nitrogens is 2. The van der Waals surface area contributed by atoms with Crippen LogP contribution in [0.5, 0.6) is 5.75 Å². The number of hydrogen-bond donors (Lipinski definition) is 1. The lowest BCUT2D eigenvalue weighted by Crippen LogP contribution is -2.27. The molecule has 0 fully saturated rings. The second-order valence-corrected chi connectivity index (χ2v) is 7.81. The van der Waals surface area contributed by atoms with Gasteiger partial charge in [0.15, 0.2) is 0 Å². The molecule has 0 atom stereocenters. The largest absolute Gasteiger partial charge is 0.483 e. The molecule has 5 heteroatoms. The Morgan fingerprint density at radius 3 is 2.80 bits per heavy atom. The second kappa shape index (κ2) is 5.98. The SMILES string of the molecule is Cc1ccc2c(Nc3ccc4c(c3)C=CC(C)(C)O4)ncnc2c1I. The van der Waals surface area contributed by atoms with Crippen molar-refractivity contribution in [3.8, 4) is 5.75 Å². The molecule has 0 unspecified atom stereocenters. The van der Waals surface area contributed by atoms with E-state index in [0.29, 0.717) is 0 Å². The number of nitrogens with zero attached hydrogens (tertiary/aromatic N) is 2. The fraction of sp³-hybridized carbons (Fsp3) is 0.200. The zero-order chi connectivity index (χ0) is 17.6. The highest BCUT2D eigenvalue weighted by Gasteiger charge is 2.21. The number of nitrogens with one attached hydrogen (secondary N) is 1. The van der Waals surface area contributed by atoms with Crippen molar-refractivity contribution in [2.75, 3.05) is 5.32 Å². The molecule has 0 saturated heterocycles. The van der Waals surface area contributed by atoms with Crippen LogP contribution in [0.2, 0.25) is 0 Å². The van der Waals surface area contributed by atoms with E-state index in [1.807, 2.05) is 12.1 Å². The van der Waals surface area contributed by atoms with E-state index in [0.717, 1.165) is 37.3 Å². The van der Waals surface area contributed by atoms with Crippen LogP contribution in [0.1, 0.15) is 25.0 Å². The molecule has 0 bridgehead atoms. The quantitative estimate of drug-likeness (QED) is 0.534. The molecule has 0 aliphatic carbocycles. The van der Waals surface area contributed by atoms with E-state index in [2.05, 4.69) is 89.0 Å². The van der Waals surface area contributed by atoms with Gasteiger partial charge in [-0.15, -0.1) is 0 Å². The maximum atomic E-state index is 5.98. The van der Waals surface area contributed by atoms with Crippen LogP contribution in [0.4, 0.5) is 11.5 Å². The summed E-state index contributed by atoms with van der Waals surface area (Å²) < 4.78 is 7.14. The maximum absolute atomic E-state index is 5.98. The minimum absolute atomic E-state index is 0.265. The number of hydrogen-bond acceptors (Lipinski definition) is 4. The fourth-order valence-electron chi connectivity index (χ4n) is 2.89. The van der Waals surface area contributed by atoms with Gasteiger partial charge in [-0.05, 0) is 79.3 Å². The Morgan fingerprint density at radius 1 is 1.12 bits per heavy atom. The van der Waals surface area contributed by atoms with Crippen molar-refractivity contribution in [1.29, 1.82) is 0 Å². The first kappa shape index (κ1) is 16.3. The lowest BCUT2D eigenvalue weighted by Gasteiger charge is -2.28. The minimum atomic E-state index is -0.265. The zero-order valence-corrected chi connectivity index (χ0v) is 16.5. The molecule has 126 valence electrons. The average Bonchev–Trinajstić information content (AvgIpc) is 2.58. The van der Waals surface area contributed by atoms with Gasteiger partial charge in [0.2, 0.25) is 0 Å². The predicted octanol–water partition coefficient (Wildman–Crippen LogP) is 5.47. The third-order valence-corrected chi connectivity index (χ3v) is 5.61. The summed E-state index contributed by atoms with van der Waals surface area (Å²) in [6.45, 7) is 6.19. The molecule has 4 rings (SSSR count). The molecule has 2 heterocycles. The number of anilines is 2. The van der Waals surface area contributed by atoms with E-state index in [1.165, 1.54) is 5.56 Å². The van der Waals surface area contributed by atoms with E-state index < -0.39 is 0 Å². The monoisotopic (exact) mass is 443 g/mol. The molecule has 4 nitrogen and oxygen atoms in total. The van der Waals surface area contributed by atoms with Crippen LogP contribution in [-0.4, -0.2) is 15.6 Å². The van der Waals surface area contributed by atoms with Gasteiger partial charge < -0.3 is 10.1 Å². The first-order valence-corrected chi connectivity index (χ1v) is 9.20. The van der Waals surface area contributed by atoms with Crippen molar-refractivity contribution in [1.82, 2.24) is 9.97 Å². The Bertz CT molecular complexity index is 1010. The number of rotatable bonds is 2. The van der Waals surface area contributed by atoms with Gasteiger partial charge in [0.1, 0.15) is 23.5 Å². The minimum Gasteiger partial charge on any atom is -0.483 e. The van der Waals surface area contributed by atoms with E-state index in [9.17, 15) is 0 Å². The van der Waals surface area contributed by atoms with Crippen LogP contribution in [0, 0.1) is 10.5 Å². The number of ether oxygens (including phenoxy) is 1. The normalized spacial score (nSPS) is 14.9. The number of fused-ring (bicyclic) bond motifs is 2. The Kier molecular flexibility index (Phi) is 3.91. The summed E-state index contributed by atoms with van der Waals surface area (Å²) in [6, 6.07) is 10.3. The third-order valence-electron chi connectivity index (χ3n) is 4.25. The summed E-state index contributed by atoms with van der Waals surface area (Å²) in [4.78, 5) is 8.87. The van der Waals surface area contributed by atoms with E-state index in [4.69, 9.17) is 4.74 Å². The van der Waals surface area contributed by atoms with Crippen molar-refractivity contribution < 1.29 is 4.74 Å². The smallest absolute Gasteiger partial charge is 0.141 e. The molecular weight excluding hydrogens is 425 g/mol. The molecular formula is C20H18IN3O. The molecule has 0 radical (unpaired) electrons.